The highest BCUT2D eigenvalue weighted by Gasteiger charge is 2.30. The van der Waals surface area contributed by atoms with Crippen LogP contribution in [0.5, 0.6) is 0 Å². The minimum absolute atomic E-state index is 0. The van der Waals surface area contributed by atoms with Gasteiger partial charge in [-0.2, -0.15) is 0 Å². The van der Waals surface area contributed by atoms with Crippen LogP contribution >= 0.6 is 48.0 Å². The number of ether oxygens (including phenoxy) is 1. The average molecular weight is 447 g/mol. The van der Waals surface area contributed by atoms with Gasteiger partial charge in [-0.3, -0.25) is 9.69 Å². The number of carbonyl (C=O) groups excluding carboxylic acids is 1. The van der Waals surface area contributed by atoms with E-state index in [2.05, 4.69) is 22.5 Å². The summed E-state index contributed by atoms with van der Waals surface area (Å²) in [4.78, 5) is 14.9. The van der Waals surface area contributed by atoms with Crippen molar-refractivity contribution in [1.29, 1.82) is 0 Å². The van der Waals surface area contributed by atoms with Crippen LogP contribution in [0.1, 0.15) is 24.9 Å². The van der Waals surface area contributed by atoms with Gasteiger partial charge < -0.3 is 15.4 Å². The lowest BCUT2D eigenvalue weighted by molar-refractivity contribution is -0.128. The summed E-state index contributed by atoms with van der Waals surface area (Å²) in [5.74, 6) is -0.0422. The van der Waals surface area contributed by atoms with Gasteiger partial charge in [-0.1, -0.05) is 36.2 Å². The van der Waals surface area contributed by atoms with Crippen molar-refractivity contribution in [2.24, 2.45) is 0 Å². The Morgan fingerprint density at radius 3 is 2.50 bits per heavy atom. The Hall–Kier alpha value is -0.270. The molecule has 26 heavy (non-hydrogen) atoms. The molecule has 1 fully saturated rings. The molecule has 9 heteroatoms. The number of hydrogen-bond acceptors (Lipinski definition) is 4. The number of rotatable bonds is 8. The summed E-state index contributed by atoms with van der Waals surface area (Å²) >= 11 is 12.3. The summed E-state index contributed by atoms with van der Waals surface area (Å²) in [7, 11) is 0. The molecular weight excluding hydrogens is 420 g/mol. The second-order valence-electron chi connectivity index (χ2n) is 5.76. The van der Waals surface area contributed by atoms with Crippen LogP contribution in [0.15, 0.2) is 18.2 Å². The summed E-state index contributed by atoms with van der Waals surface area (Å²) in [6.45, 7) is 7.04. The van der Waals surface area contributed by atoms with E-state index in [1.807, 2.05) is 6.07 Å². The highest BCUT2D eigenvalue weighted by Crippen LogP contribution is 2.30. The molecule has 1 atom stereocenters. The van der Waals surface area contributed by atoms with Crippen LogP contribution in [0.3, 0.4) is 0 Å². The standard InChI is InChI=1S/C17H25Cl2N3O2.2ClH/c1-2-5-20-6-7-21-17(23)16(22-8-10-24-11-9-22)14-4-3-13(18)12-15(14)19;;/h3-4,12,16,20H,2,5-11H2,1H3,(H,21,23);2*1H. The van der Waals surface area contributed by atoms with Gasteiger partial charge in [0.25, 0.3) is 0 Å². The number of nitrogens with one attached hydrogen (secondary N) is 2. The van der Waals surface area contributed by atoms with E-state index in [4.69, 9.17) is 27.9 Å². The molecule has 1 aromatic carbocycles. The smallest absolute Gasteiger partial charge is 0.242 e. The molecule has 2 rings (SSSR count). The van der Waals surface area contributed by atoms with Gasteiger partial charge >= 0.3 is 0 Å². The van der Waals surface area contributed by atoms with Gasteiger partial charge in [0.15, 0.2) is 0 Å². The number of carbonyl (C=O) groups is 1. The molecule has 5 nitrogen and oxygen atoms in total. The maximum atomic E-state index is 12.8. The molecule has 0 aromatic heterocycles. The maximum absolute atomic E-state index is 12.8. The van der Waals surface area contributed by atoms with Crippen molar-refractivity contribution >= 4 is 53.9 Å². The van der Waals surface area contributed by atoms with Gasteiger partial charge in [-0.15, -0.1) is 24.8 Å². The van der Waals surface area contributed by atoms with Gasteiger partial charge in [0.2, 0.25) is 5.91 Å². The molecule has 2 N–H and O–H groups in total. The second kappa shape index (κ2) is 13.8. The normalized spacial score (nSPS) is 15.5. The fraction of sp³-hybridized carbons (Fsp3) is 0.588. The molecule has 0 aliphatic carbocycles. The van der Waals surface area contributed by atoms with Crippen LogP contribution in [0.2, 0.25) is 10.0 Å². The Balaban J connectivity index is 0.00000312. The van der Waals surface area contributed by atoms with Crippen LogP contribution < -0.4 is 10.6 Å². The molecule has 150 valence electrons. The van der Waals surface area contributed by atoms with E-state index in [1.165, 1.54) is 0 Å². The summed E-state index contributed by atoms with van der Waals surface area (Å²) in [5, 5.41) is 7.36. The second-order valence-corrected chi connectivity index (χ2v) is 6.60. The number of morpholine rings is 1. The maximum Gasteiger partial charge on any atom is 0.242 e. The van der Waals surface area contributed by atoms with Gasteiger partial charge in [-0.25, -0.2) is 0 Å². The lowest BCUT2D eigenvalue weighted by atomic mass is 10.0. The Morgan fingerprint density at radius 1 is 1.19 bits per heavy atom. The van der Waals surface area contributed by atoms with Crippen molar-refractivity contribution < 1.29 is 9.53 Å². The molecule has 1 aromatic rings. The summed E-state index contributed by atoms with van der Waals surface area (Å²) in [5.41, 5.74) is 0.780. The van der Waals surface area contributed by atoms with Gasteiger partial charge in [0.1, 0.15) is 6.04 Å². The first-order chi connectivity index (χ1) is 11.6. The van der Waals surface area contributed by atoms with E-state index in [0.717, 1.165) is 25.1 Å². The molecule has 1 heterocycles. The van der Waals surface area contributed by atoms with E-state index in [-0.39, 0.29) is 30.7 Å². The number of benzene rings is 1. The predicted octanol–water partition coefficient (Wildman–Crippen LogP) is 3.33. The fourth-order valence-electron chi connectivity index (χ4n) is 2.74. The van der Waals surface area contributed by atoms with E-state index < -0.39 is 6.04 Å². The Morgan fingerprint density at radius 2 is 1.88 bits per heavy atom. The zero-order valence-electron chi connectivity index (χ0n) is 14.8. The minimum atomic E-state index is -0.426. The number of hydrogen-bond donors (Lipinski definition) is 2. The third-order valence-corrected chi connectivity index (χ3v) is 4.51. The Bertz CT molecular complexity index is 543. The molecule has 1 saturated heterocycles. The number of amides is 1. The fourth-order valence-corrected chi connectivity index (χ4v) is 3.25. The van der Waals surface area contributed by atoms with Crippen molar-refractivity contribution in [3.63, 3.8) is 0 Å². The molecule has 1 aliphatic heterocycles. The minimum Gasteiger partial charge on any atom is -0.379 e. The number of halogens is 4. The molecule has 1 unspecified atom stereocenters. The zero-order chi connectivity index (χ0) is 17.4. The third kappa shape index (κ3) is 7.77. The molecule has 0 bridgehead atoms. The van der Waals surface area contributed by atoms with Crippen LogP contribution in [0, 0.1) is 0 Å². The van der Waals surface area contributed by atoms with Crippen molar-refractivity contribution in [3.05, 3.63) is 33.8 Å². The van der Waals surface area contributed by atoms with Crippen molar-refractivity contribution in [3.8, 4) is 0 Å². The van der Waals surface area contributed by atoms with Gasteiger partial charge in [0.05, 0.1) is 13.2 Å². The Labute approximate surface area is 177 Å². The summed E-state index contributed by atoms with van der Waals surface area (Å²) < 4.78 is 5.40. The van der Waals surface area contributed by atoms with Crippen molar-refractivity contribution in [1.82, 2.24) is 15.5 Å². The molecule has 0 spiro atoms. The third-order valence-electron chi connectivity index (χ3n) is 3.94. The van der Waals surface area contributed by atoms with E-state index >= 15 is 0 Å². The summed E-state index contributed by atoms with van der Waals surface area (Å²) in [6.07, 6.45) is 1.07. The molecular formula is C17H27Cl4N3O2. The molecule has 0 saturated carbocycles. The van der Waals surface area contributed by atoms with Crippen LogP contribution in [-0.4, -0.2) is 56.7 Å². The summed E-state index contributed by atoms with van der Waals surface area (Å²) in [6, 6.07) is 4.86. The van der Waals surface area contributed by atoms with Gasteiger partial charge in [0, 0.05) is 36.2 Å². The SMILES string of the molecule is CCCNCCNC(=O)C(c1ccc(Cl)cc1Cl)N1CCOCC1.Cl.Cl. The van der Waals surface area contributed by atoms with Crippen LogP contribution in [0.4, 0.5) is 0 Å². The van der Waals surface area contributed by atoms with Crippen molar-refractivity contribution in [2.45, 2.75) is 19.4 Å². The lowest BCUT2D eigenvalue weighted by Gasteiger charge is -2.34. The highest BCUT2D eigenvalue weighted by molar-refractivity contribution is 6.35. The monoisotopic (exact) mass is 445 g/mol. The quantitative estimate of drug-likeness (QED) is 0.601. The van der Waals surface area contributed by atoms with Crippen molar-refractivity contribution in [2.75, 3.05) is 45.9 Å². The van der Waals surface area contributed by atoms with Gasteiger partial charge in [-0.05, 0) is 30.7 Å². The first-order valence-electron chi connectivity index (χ1n) is 8.38. The molecule has 1 aliphatic rings. The van der Waals surface area contributed by atoms with Crippen LogP contribution in [-0.2, 0) is 9.53 Å². The number of nitrogens with zero attached hydrogens (tertiary/aromatic N) is 1. The Kier molecular flexibility index (Phi) is 13.7. The van der Waals surface area contributed by atoms with E-state index in [0.29, 0.717) is 42.9 Å². The highest BCUT2D eigenvalue weighted by atomic mass is 35.5. The topological polar surface area (TPSA) is 53.6 Å². The molecule has 1 amide bonds. The first kappa shape index (κ1) is 25.7. The average Bonchev–Trinajstić information content (AvgIpc) is 2.58. The van der Waals surface area contributed by atoms with E-state index in [9.17, 15) is 4.79 Å². The van der Waals surface area contributed by atoms with Crippen LogP contribution in [0.25, 0.3) is 0 Å². The predicted molar refractivity (Wildman–Crippen MR) is 112 cm³/mol. The zero-order valence-corrected chi connectivity index (χ0v) is 17.9. The first-order valence-corrected chi connectivity index (χ1v) is 9.14. The lowest BCUT2D eigenvalue weighted by Crippen LogP contribution is -2.46. The largest absolute Gasteiger partial charge is 0.379 e. The van der Waals surface area contributed by atoms with E-state index in [1.54, 1.807) is 12.1 Å². The molecule has 0 radical (unpaired) electrons.